The number of carbonyl (C=O) groups is 2. The molecule has 0 saturated heterocycles. The second-order valence-corrected chi connectivity index (χ2v) is 8.18. The fourth-order valence-corrected chi connectivity index (χ4v) is 3.46. The Labute approximate surface area is 182 Å². The molecule has 3 rings (SSSR count). The molecule has 0 heterocycles. The summed E-state index contributed by atoms with van der Waals surface area (Å²) in [5.41, 5.74) is 1.77. The average Bonchev–Trinajstić information content (AvgIpc) is 2.76. The Morgan fingerprint density at radius 3 is 1.77 bits per heavy atom. The van der Waals surface area contributed by atoms with E-state index in [4.69, 9.17) is 14.2 Å². The van der Waals surface area contributed by atoms with E-state index in [0.717, 1.165) is 24.0 Å². The number of hydrogen-bond acceptors (Lipinski definition) is 6. The normalized spacial score (nSPS) is 18.2. The van der Waals surface area contributed by atoms with Gasteiger partial charge in [-0.1, -0.05) is 51.1 Å². The predicted molar refractivity (Wildman–Crippen MR) is 116 cm³/mol. The van der Waals surface area contributed by atoms with Gasteiger partial charge in [0.15, 0.2) is 0 Å². The predicted octanol–water partition coefficient (Wildman–Crippen LogP) is 6.03. The summed E-state index contributed by atoms with van der Waals surface area (Å²) in [6, 6.07) is 14.6. The third-order valence-electron chi connectivity index (χ3n) is 5.53. The molecule has 6 heteroatoms. The Kier molecular flexibility index (Phi) is 7.00. The summed E-state index contributed by atoms with van der Waals surface area (Å²) in [6.07, 6.45) is 4.10. The van der Waals surface area contributed by atoms with Gasteiger partial charge in [-0.05, 0) is 60.2 Å². The molecule has 0 spiro atoms. The average molecular weight is 424 g/mol. The van der Waals surface area contributed by atoms with Crippen LogP contribution in [0.5, 0.6) is 11.5 Å². The fourth-order valence-electron chi connectivity index (χ4n) is 3.46. The lowest BCUT2D eigenvalue weighted by atomic mass is 9.78. The molecule has 0 aliphatic heterocycles. The van der Waals surface area contributed by atoms with Gasteiger partial charge in [0.1, 0.15) is 17.6 Å². The van der Waals surface area contributed by atoms with Gasteiger partial charge in [0.2, 0.25) is 0 Å². The van der Waals surface area contributed by atoms with Crippen molar-refractivity contribution in [1.82, 2.24) is 0 Å². The molecule has 0 radical (unpaired) electrons. The maximum atomic E-state index is 12.1. The molecule has 164 valence electrons. The highest BCUT2D eigenvalue weighted by atomic mass is 16.7. The lowest BCUT2D eigenvalue weighted by Gasteiger charge is -2.26. The van der Waals surface area contributed by atoms with Gasteiger partial charge in [0, 0.05) is 5.41 Å². The van der Waals surface area contributed by atoms with Crippen LogP contribution in [0.3, 0.4) is 0 Å². The molecular formula is C25H28O6. The number of rotatable bonds is 5. The SMILES string of the molecule is COC(=O)Oc1ccc(C(C)(C)c2ccc(OC(=O)OC3C=CC(C)CC3)cc2)cc1. The van der Waals surface area contributed by atoms with Gasteiger partial charge in [-0.3, -0.25) is 0 Å². The van der Waals surface area contributed by atoms with Gasteiger partial charge in [-0.2, -0.15) is 0 Å². The Balaban J connectivity index is 1.62. The minimum atomic E-state index is -0.754. The topological polar surface area (TPSA) is 71.1 Å². The van der Waals surface area contributed by atoms with Gasteiger partial charge < -0.3 is 18.9 Å². The van der Waals surface area contributed by atoms with Gasteiger partial charge in [-0.15, -0.1) is 0 Å². The molecule has 2 aromatic rings. The van der Waals surface area contributed by atoms with E-state index in [1.54, 1.807) is 24.3 Å². The van der Waals surface area contributed by atoms with Crippen LogP contribution in [0.15, 0.2) is 60.7 Å². The fraction of sp³-hybridized carbons (Fsp3) is 0.360. The number of carbonyl (C=O) groups excluding carboxylic acids is 2. The van der Waals surface area contributed by atoms with Gasteiger partial charge in [-0.25, -0.2) is 9.59 Å². The second-order valence-electron chi connectivity index (χ2n) is 8.18. The van der Waals surface area contributed by atoms with E-state index in [2.05, 4.69) is 31.6 Å². The Bertz CT molecular complexity index is 927. The summed E-state index contributed by atoms with van der Waals surface area (Å²) in [4.78, 5) is 23.3. The van der Waals surface area contributed by atoms with E-state index < -0.39 is 12.3 Å². The first-order chi connectivity index (χ1) is 14.8. The molecule has 0 bridgehead atoms. The Morgan fingerprint density at radius 1 is 0.806 bits per heavy atom. The van der Waals surface area contributed by atoms with Crippen molar-refractivity contribution in [3.63, 3.8) is 0 Å². The number of ether oxygens (including phenoxy) is 4. The largest absolute Gasteiger partial charge is 0.514 e. The van der Waals surface area contributed by atoms with E-state index in [1.165, 1.54) is 7.11 Å². The van der Waals surface area contributed by atoms with E-state index in [1.807, 2.05) is 30.3 Å². The molecule has 2 unspecified atom stereocenters. The molecule has 1 aliphatic carbocycles. The molecule has 1 aliphatic rings. The van der Waals surface area contributed by atoms with Crippen LogP contribution in [-0.4, -0.2) is 25.5 Å². The van der Waals surface area contributed by atoms with Crippen LogP contribution in [0.4, 0.5) is 9.59 Å². The summed E-state index contributed by atoms with van der Waals surface area (Å²) in [5, 5.41) is 0. The van der Waals surface area contributed by atoms with Crippen LogP contribution < -0.4 is 9.47 Å². The Hall–Kier alpha value is -3.28. The molecule has 0 fully saturated rings. The lowest BCUT2D eigenvalue weighted by Crippen LogP contribution is -2.22. The molecule has 2 aromatic carbocycles. The highest BCUT2D eigenvalue weighted by Crippen LogP contribution is 2.33. The zero-order valence-corrected chi connectivity index (χ0v) is 18.3. The molecule has 0 amide bonds. The highest BCUT2D eigenvalue weighted by molar-refractivity contribution is 5.64. The number of methoxy groups -OCH3 is 1. The van der Waals surface area contributed by atoms with Gasteiger partial charge in [0.05, 0.1) is 7.11 Å². The molecule has 0 aromatic heterocycles. The second kappa shape index (κ2) is 9.69. The highest BCUT2D eigenvalue weighted by Gasteiger charge is 2.24. The zero-order chi connectivity index (χ0) is 22.4. The van der Waals surface area contributed by atoms with Crippen molar-refractivity contribution < 1.29 is 28.5 Å². The summed E-state index contributed by atoms with van der Waals surface area (Å²) >= 11 is 0. The van der Waals surface area contributed by atoms with Crippen molar-refractivity contribution >= 4 is 12.3 Å². The van der Waals surface area contributed by atoms with Crippen LogP contribution in [-0.2, 0) is 14.9 Å². The van der Waals surface area contributed by atoms with Crippen molar-refractivity contribution in [2.75, 3.05) is 7.11 Å². The first-order valence-electron chi connectivity index (χ1n) is 10.3. The molecule has 31 heavy (non-hydrogen) atoms. The summed E-state index contributed by atoms with van der Waals surface area (Å²) in [5.74, 6) is 1.36. The molecular weight excluding hydrogens is 396 g/mol. The first-order valence-corrected chi connectivity index (χ1v) is 10.3. The minimum Gasteiger partial charge on any atom is -0.437 e. The lowest BCUT2D eigenvalue weighted by molar-refractivity contribution is 0.0691. The smallest absolute Gasteiger partial charge is 0.437 e. The summed E-state index contributed by atoms with van der Waals surface area (Å²) in [6.45, 7) is 6.31. The maximum absolute atomic E-state index is 12.1. The number of allylic oxidation sites excluding steroid dienone is 1. The standard InChI is InChI=1S/C25H28O6/c1-17-5-11-20(12-6-17)30-24(27)31-22-15-9-19(10-16-22)25(2,3)18-7-13-21(14-8-18)29-23(26)28-4/h5,7-11,13-17,20H,6,12H2,1-4H3. The molecule has 6 nitrogen and oxygen atoms in total. The van der Waals surface area contributed by atoms with Crippen LogP contribution in [0.1, 0.15) is 44.7 Å². The van der Waals surface area contributed by atoms with E-state index >= 15 is 0 Å². The van der Waals surface area contributed by atoms with Gasteiger partial charge in [0.25, 0.3) is 0 Å². The zero-order valence-electron chi connectivity index (χ0n) is 18.3. The first kappa shape index (κ1) is 22.4. The number of hydrogen-bond donors (Lipinski definition) is 0. The van der Waals surface area contributed by atoms with Crippen molar-refractivity contribution in [3.8, 4) is 11.5 Å². The third-order valence-corrected chi connectivity index (χ3v) is 5.53. The van der Waals surface area contributed by atoms with Crippen LogP contribution in [0, 0.1) is 5.92 Å². The monoisotopic (exact) mass is 424 g/mol. The maximum Gasteiger partial charge on any atom is 0.514 e. The molecule has 0 N–H and O–H groups in total. The van der Waals surface area contributed by atoms with Crippen molar-refractivity contribution in [2.24, 2.45) is 5.92 Å². The van der Waals surface area contributed by atoms with E-state index in [-0.39, 0.29) is 11.5 Å². The summed E-state index contributed by atoms with van der Waals surface area (Å²) < 4.78 is 20.2. The molecule has 2 atom stereocenters. The Morgan fingerprint density at radius 2 is 1.32 bits per heavy atom. The summed E-state index contributed by atoms with van der Waals surface area (Å²) in [7, 11) is 1.26. The molecule has 0 saturated carbocycles. The third kappa shape index (κ3) is 5.87. The van der Waals surface area contributed by atoms with E-state index in [0.29, 0.717) is 17.4 Å². The van der Waals surface area contributed by atoms with E-state index in [9.17, 15) is 9.59 Å². The van der Waals surface area contributed by atoms with Crippen LogP contribution in [0.25, 0.3) is 0 Å². The van der Waals surface area contributed by atoms with Gasteiger partial charge >= 0.3 is 12.3 Å². The number of benzene rings is 2. The van der Waals surface area contributed by atoms with Crippen molar-refractivity contribution in [3.05, 3.63) is 71.8 Å². The van der Waals surface area contributed by atoms with Crippen molar-refractivity contribution in [2.45, 2.75) is 45.1 Å². The van der Waals surface area contributed by atoms with Crippen molar-refractivity contribution in [1.29, 1.82) is 0 Å². The quantitative estimate of drug-likeness (QED) is 0.332. The van der Waals surface area contributed by atoms with Crippen LogP contribution >= 0.6 is 0 Å². The van der Waals surface area contributed by atoms with Crippen LogP contribution in [0.2, 0.25) is 0 Å². The minimum absolute atomic E-state index is 0.229.